The topological polar surface area (TPSA) is 80.5 Å². The SMILES string of the molecule is Nc1nc(CCCNC(=O)[C@H]2CCCN(C3CCOCC3)C2)cs1. The highest BCUT2D eigenvalue weighted by atomic mass is 32.1. The van der Waals surface area contributed by atoms with E-state index in [-0.39, 0.29) is 11.8 Å². The van der Waals surface area contributed by atoms with Crippen LogP contribution in [0.4, 0.5) is 5.13 Å². The zero-order valence-corrected chi connectivity index (χ0v) is 15.0. The van der Waals surface area contributed by atoms with E-state index in [0.29, 0.717) is 17.7 Å². The fourth-order valence-corrected chi connectivity index (χ4v) is 4.26. The average Bonchev–Trinajstić information content (AvgIpc) is 3.05. The number of likely N-dealkylation sites (tertiary alicyclic amines) is 1. The van der Waals surface area contributed by atoms with Crippen LogP contribution >= 0.6 is 11.3 Å². The molecule has 2 aliphatic rings. The molecule has 3 heterocycles. The second kappa shape index (κ2) is 8.78. The van der Waals surface area contributed by atoms with Gasteiger partial charge >= 0.3 is 0 Å². The van der Waals surface area contributed by atoms with Crippen molar-refractivity contribution >= 4 is 22.4 Å². The minimum absolute atomic E-state index is 0.136. The Morgan fingerprint density at radius 3 is 3.00 bits per heavy atom. The van der Waals surface area contributed by atoms with Gasteiger partial charge in [0.25, 0.3) is 0 Å². The maximum atomic E-state index is 12.4. The Morgan fingerprint density at radius 2 is 2.25 bits per heavy atom. The number of carbonyl (C=O) groups is 1. The molecule has 0 bridgehead atoms. The lowest BCUT2D eigenvalue weighted by molar-refractivity contribution is -0.127. The fourth-order valence-electron chi connectivity index (χ4n) is 3.67. The molecule has 24 heavy (non-hydrogen) atoms. The molecule has 0 aliphatic carbocycles. The maximum absolute atomic E-state index is 12.4. The molecule has 7 heteroatoms. The average molecular weight is 353 g/mol. The molecule has 0 aromatic carbocycles. The van der Waals surface area contributed by atoms with Gasteiger partial charge in [0.2, 0.25) is 5.91 Å². The molecule has 2 aliphatic heterocycles. The molecule has 0 unspecified atom stereocenters. The number of anilines is 1. The number of nitrogen functional groups attached to an aromatic ring is 1. The lowest BCUT2D eigenvalue weighted by atomic mass is 9.94. The molecule has 3 rings (SSSR count). The molecule has 2 saturated heterocycles. The van der Waals surface area contributed by atoms with Crippen molar-refractivity contribution in [1.82, 2.24) is 15.2 Å². The highest BCUT2D eigenvalue weighted by molar-refractivity contribution is 7.13. The van der Waals surface area contributed by atoms with Gasteiger partial charge in [0.05, 0.1) is 11.6 Å². The summed E-state index contributed by atoms with van der Waals surface area (Å²) < 4.78 is 5.45. The lowest BCUT2D eigenvalue weighted by Crippen LogP contribution is -2.48. The van der Waals surface area contributed by atoms with Crippen LogP contribution in [0.15, 0.2) is 5.38 Å². The van der Waals surface area contributed by atoms with Crippen molar-refractivity contribution in [3.05, 3.63) is 11.1 Å². The third kappa shape index (κ3) is 4.91. The van der Waals surface area contributed by atoms with Crippen molar-refractivity contribution < 1.29 is 9.53 Å². The van der Waals surface area contributed by atoms with E-state index in [2.05, 4.69) is 15.2 Å². The van der Waals surface area contributed by atoms with Gasteiger partial charge in [0.15, 0.2) is 5.13 Å². The van der Waals surface area contributed by atoms with Crippen LogP contribution in [0.3, 0.4) is 0 Å². The van der Waals surface area contributed by atoms with Crippen LogP contribution in [0.1, 0.15) is 37.8 Å². The number of hydrogen-bond acceptors (Lipinski definition) is 6. The van der Waals surface area contributed by atoms with E-state index < -0.39 is 0 Å². The van der Waals surface area contributed by atoms with Gasteiger partial charge in [-0.25, -0.2) is 4.98 Å². The van der Waals surface area contributed by atoms with Crippen LogP contribution in [0.2, 0.25) is 0 Å². The quantitative estimate of drug-likeness (QED) is 0.761. The number of nitrogens with zero attached hydrogens (tertiary/aromatic N) is 2. The number of hydrogen-bond donors (Lipinski definition) is 2. The summed E-state index contributed by atoms with van der Waals surface area (Å²) in [5.74, 6) is 0.348. The summed E-state index contributed by atoms with van der Waals surface area (Å²) in [7, 11) is 0. The first-order valence-electron chi connectivity index (χ1n) is 9.02. The van der Waals surface area contributed by atoms with Crippen molar-refractivity contribution in [2.45, 2.75) is 44.6 Å². The summed E-state index contributed by atoms with van der Waals surface area (Å²) in [6.07, 6.45) is 6.11. The maximum Gasteiger partial charge on any atom is 0.224 e. The molecule has 6 nitrogen and oxygen atoms in total. The van der Waals surface area contributed by atoms with Gasteiger partial charge in [-0.05, 0) is 45.1 Å². The molecule has 0 spiro atoms. The number of rotatable bonds is 6. The number of nitrogens with two attached hydrogens (primary N) is 1. The van der Waals surface area contributed by atoms with Crippen LogP contribution in [0, 0.1) is 5.92 Å². The molecule has 1 aromatic rings. The van der Waals surface area contributed by atoms with Gasteiger partial charge in [-0.1, -0.05) is 0 Å². The van der Waals surface area contributed by atoms with Gasteiger partial charge in [-0.2, -0.15) is 0 Å². The zero-order chi connectivity index (χ0) is 16.8. The van der Waals surface area contributed by atoms with Gasteiger partial charge < -0.3 is 15.8 Å². The number of thiazole rings is 1. The van der Waals surface area contributed by atoms with E-state index in [4.69, 9.17) is 10.5 Å². The molecular weight excluding hydrogens is 324 g/mol. The number of ether oxygens (including phenoxy) is 1. The number of carbonyl (C=O) groups excluding carboxylic acids is 1. The van der Waals surface area contributed by atoms with E-state index in [1.54, 1.807) is 0 Å². The van der Waals surface area contributed by atoms with E-state index in [1.165, 1.54) is 11.3 Å². The van der Waals surface area contributed by atoms with Crippen LogP contribution in [-0.2, 0) is 16.0 Å². The first kappa shape index (κ1) is 17.6. The van der Waals surface area contributed by atoms with Crippen LogP contribution in [0.5, 0.6) is 0 Å². The zero-order valence-electron chi connectivity index (χ0n) is 14.2. The number of piperidine rings is 1. The summed E-state index contributed by atoms with van der Waals surface area (Å²) in [6, 6.07) is 0.601. The Labute approximate surface area is 147 Å². The highest BCUT2D eigenvalue weighted by Crippen LogP contribution is 2.23. The second-order valence-electron chi connectivity index (χ2n) is 6.75. The summed E-state index contributed by atoms with van der Waals surface area (Å²) in [5.41, 5.74) is 6.65. The molecule has 3 N–H and O–H groups in total. The van der Waals surface area contributed by atoms with Crippen LogP contribution in [0.25, 0.3) is 0 Å². The molecule has 0 radical (unpaired) electrons. The molecular formula is C17H28N4O2S. The van der Waals surface area contributed by atoms with Gasteiger partial charge in [-0.3, -0.25) is 9.69 Å². The van der Waals surface area contributed by atoms with Gasteiger partial charge in [0.1, 0.15) is 0 Å². The van der Waals surface area contributed by atoms with Crippen molar-refractivity contribution in [2.24, 2.45) is 5.92 Å². The lowest BCUT2D eigenvalue weighted by Gasteiger charge is -2.39. The Kier molecular flexibility index (Phi) is 6.45. The summed E-state index contributed by atoms with van der Waals surface area (Å²) in [6.45, 7) is 4.46. The Bertz CT molecular complexity index is 530. The predicted octanol–water partition coefficient (Wildman–Crippen LogP) is 1.67. The van der Waals surface area contributed by atoms with Gasteiger partial charge in [0, 0.05) is 37.7 Å². The van der Waals surface area contributed by atoms with Crippen molar-refractivity contribution in [1.29, 1.82) is 0 Å². The molecule has 134 valence electrons. The minimum Gasteiger partial charge on any atom is -0.381 e. The monoisotopic (exact) mass is 352 g/mol. The molecule has 1 amide bonds. The molecule has 1 atom stereocenters. The smallest absolute Gasteiger partial charge is 0.224 e. The Balaban J connectivity index is 1.37. The molecule has 2 fully saturated rings. The molecule has 0 saturated carbocycles. The minimum atomic E-state index is 0.136. The summed E-state index contributed by atoms with van der Waals surface area (Å²) in [5, 5.41) is 5.71. The fraction of sp³-hybridized carbons (Fsp3) is 0.765. The molecule has 1 aromatic heterocycles. The van der Waals surface area contributed by atoms with E-state index in [1.807, 2.05) is 5.38 Å². The largest absolute Gasteiger partial charge is 0.381 e. The van der Waals surface area contributed by atoms with Crippen molar-refractivity contribution in [3.63, 3.8) is 0 Å². The van der Waals surface area contributed by atoms with E-state index >= 15 is 0 Å². The third-order valence-corrected chi connectivity index (χ3v) is 5.73. The second-order valence-corrected chi connectivity index (χ2v) is 7.64. The normalized spacial score (nSPS) is 23.2. The third-order valence-electron chi connectivity index (χ3n) is 5.01. The van der Waals surface area contributed by atoms with E-state index in [0.717, 1.165) is 70.5 Å². The number of aromatic nitrogens is 1. The Morgan fingerprint density at radius 1 is 1.42 bits per heavy atom. The van der Waals surface area contributed by atoms with Crippen molar-refractivity contribution in [3.8, 4) is 0 Å². The summed E-state index contributed by atoms with van der Waals surface area (Å²) >= 11 is 1.47. The Hall–Kier alpha value is -1.18. The highest BCUT2D eigenvalue weighted by Gasteiger charge is 2.30. The number of aryl methyl sites for hydroxylation is 1. The van der Waals surface area contributed by atoms with Crippen LogP contribution < -0.4 is 11.1 Å². The first-order chi connectivity index (χ1) is 11.7. The first-order valence-corrected chi connectivity index (χ1v) is 9.89. The number of amides is 1. The van der Waals surface area contributed by atoms with E-state index in [9.17, 15) is 4.79 Å². The van der Waals surface area contributed by atoms with Crippen molar-refractivity contribution in [2.75, 3.05) is 38.6 Å². The predicted molar refractivity (Wildman–Crippen MR) is 96.0 cm³/mol. The number of nitrogens with one attached hydrogen (secondary N) is 1. The van der Waals surface area contributed by atoms with Gasteiger partial charge in [-0.15, -0.1) is 11.3 Å². The summed E-state index contributed by atoms with van der Waals surface area (Å²) in [4.78, 5) is 19.2. The van der Waals surface area contributed by atoms with Crippen LogP contribution in [-0.4, -0.2) is 54.7 Å². The standard InChI is InChI=1S/C17H28N4O2S/c18-17-20-14(12-24-17)4-1-7-19-16(22)13-3-2-8-21(11-13)15-5-9-23-10-6-15/h12-13,15H,1-11H2,(H2,18,20)(H,19,22)/t13-/m0/s1.